The summed E-state index contributed by atoms with van der Waals surface area (Å²) in [6, 6.07) is 16.0. The molecule has 0 spiro atoms. The Balaban J connectivity index is 2.37. The number of nitriles is 2. The van der Waals surface area contributed by atoms with Gasteiger partial charge >= 0.3 is 5.97 Å². The van der Waals surface area contributed by atoms with Crippen molar-refractivity contribution in [3.63, 3.8) is 0 Å². The van der Waals surface area contributed by atoms with Gasteiger partial charge in [-0.1, -0.05) is 59.6 Å². The van der Waals surface area contributed by atoms with Crippen LogP contribution in [0.4, 0.5) is 0 Å². The Morgan fingerprint density at radius 2 is 1.67 bits per heavy atom. The molecule has 0 aliphatic carbocycles. The average molecular weight is 442 g/mol. The maximum atomic E-state index is 13.3. The molecule has 4 atom stereocenters. The van der Waals surface area contributed by atoms with Gasteiger partial charge in [0.15, 0.2) is 5.41 Å². The average Bonchev–Trinajstić information content (AvgIpc) is 2.74. The van der Waals surface area contributed by atoms with E-state index in [1.54, 1.807) is 55.5 Å². The molecular weight excluding hydrogens is 425 g/mol. The molecule has 1 amide bonds. The van der Waals surface area contributed by atoms with Crippen LogP contribution in [0.5, 0.6) is 0 Å². The van der Waals surface area contributed by atoms with Crippen LogP contribution < -0.4 is 5.32 Å². The van der Waals surface area contributed by atoms with Gasteiger partial charge in [0.1, 0.15) is 5.92 Å². The third-order valence-corrected chi connectivity index (χ3v) is 5.93. The Morgan fingerprint density at radius 3 is 2.17 bits per heavy atom. The number of nitrogens with zero attached hydrogens (tertiary/aromatic N) is 2. The molecule has 1 aliphatic heterocycles. The van der Waals surface area contributed by atoms with Gasteiger partial charge in [-0.3, -0.25) is 9.59 Å². The molecule has 6 nitrogen and oxygen atoms in total. The Hall–Kier alpha value is -3.06. The third-order valence-electron chi connectivity index (χ3n) is 5.24. The number of ether oxygens (including phenoxy) is 1. The minimum Gasteiger partial charge on any atom is -0.465 e. The zero-order chi connectivity index (χ0) is 21.9. The standard InChI is InChI=1S/C22H17Cl2N3O3/c1-2-30-21(29)22(12-26)18(13-7-3-5-9-16(13)23)15(11-25)20(28)27-19(22)14-8-4-6-10-17(14)24/h3-10,15,18-19H,2H2,1H3,(H,27,28). The molecule has 1 fully saturated rings. The summed E-state index contributed by atoms with van der Waals surface area (Å²) in [6.07, 6.45) is 0. The number of carbonyl (C=O) groups excluding carboxylic acids is 2. The van der Waals surface area contributed by atoms with Crippen molar-refractivity contribution in [1.82, 2.24) is 5.32 Å². The van der Waals surface area contributed by atoms with Crippen molar-refractivity contribution in [2.45, 2.75) is 18.9 Å². The van der Waals surface area contributed by atoms with Crippen molar-refractivity contribution < 1.29 is 14.3 Å². The first-order chi connectivity index (χ1) is 14.4. The van der Waals surface area contributed by atoms with Gasteiger partial charge in [-0.05, 0) is 30.2 Å². The van der Waals surface area contributed by atoms with Crippen LogP contribution in [0.1, 0.15) is 30.0 Å². The molecule has 8 heteroatoms. The Kier molecular flexibility index (Phi) is 6.31. The molecule has 1 N–H and O–H groups in total. The fourth-order valence-electron chi connectivity index (χ4n) is 3.93. The Labute approximate surface area is 184 Å². The largest absolute Gasteiger partial charge is 0.465 e. The van der Waals surface area contributed by atoms with E-state index >= 15 is 0 Å². The van der Waals surface area contributed by atoms with Crippen molar-refractivity contribution in [3.8, 4) is 12.1 Å². The first-order valence-electron chi connectivity index (χ1n) is 9.19. The molecule has 1 aliphatic rings. The van der Waals surface area contributed by atoms with Crippen molar-refractivity contribution in [2.24, 2.45) is 11.3 Å². The quantitative estimate of drug-likeness (QED) is 0.717. The predicted octanol–water partition coefficient (Wildman–Crippen LogP) is 4.16. The second-order valence-electron chi connectivity index (χ2n) is 6.77. The van der Waals surface area contributed by atoms with Gasteiger partial charge in [-0.25, -0.2) is 0 Å². The number of rotatable bonds is 4. The summed E-state index contributed by atoms with van der Waals surface area (Å²) in [5.41, 5.74) is -1.26. The predicted molar refractivity (Wildman–Crippen MR) is 110 cm³/mol. The molecule has 2 aromatic rings. The summed E-state index contributed by atoms with van der Waals surface area (Å²) in [5.74, 6) is -3.99. The highest BCUT2D eigenvalue weighted by atomic mass is 35.5. The lowest BCUT2D eigenvalue weighted by atomic mass is 9.59. The first-order valence-corrected chi connectivity index (χ1v) is 9.95. The number of piperidine rings is 1. The summed E-state index contributed by atoms with van der Waals surface area (Å²) in [6.45, 7) is 1.62. The van der Waals surface area contributed by atoms with E-state index in [4.69, 9.17) is 27.9 Å². The number of hydrogen-bond donors (Lipinski definition) is 1. The molecule has 1 heterocycles. The van der Waals surface area contributed by atoms with Crippen molar-refractivity contribution in [2.75, 3.05) is 6.61 Å². The third kappa shape index (κ3) is 3.39. The van der Waals surface area contributed by atoms with Crippen LogP contribution in [-0.2, 0) is 14.3 Å². The fourth-order valence-corrected chi connectivity index (χ4v) is 4.43. The SMILES string of the molecule is CCOC(=O)C1(C#N)C(c2ccccc2Cl)NC(=O)C(C#N)C1c1ccccc1Cl. The van der Waals surface area contributed by atoms with E-state index in [1.165, 1.54) is 0 Å². The van der Waals surface area contributed by atoms with Gasteiger partial charge in [0.2, 0.25) is 5.91 Å². The summed E-state index contributed by atoms with van der Waals surface area (Å²) in [4.78, 5) is 26.2. The van der Waals surface area contributed by atoms with Gasteiger partial charge in [0.25, 0.3) is 0 Å². The van der Waals surface area contributed by atoms with Crippen molar-refractivity contribution in [3.05, 3.63) is 69.7 Å². The highest BCUT2D eigenvalue weighted by molar-refractivity contribution is 6.32. The lowest BCUT2D eigenvalue weighted by molar-refractivity contribution is -0.159. The van der Waals surface area contributed by atoms with E-state index < -0.39 is 35.2 Å². The first kappa shape index (κ1) is 21.6. The summed E-state index contributed by atoms with van der Waals surface area (Å²) >= 11 is 12.8. The topological polar surface area (TPSA) is 103 Å². The van der Waals surface area contributed by atoms with Gasteiger partial charge in [0, 0.05) is 16.0 Å². The monoisotopic (exact) mass is 441 g/mol. The number of benzene rings is 2. The van der Waals surface area contributed by atoms with Gasteiger partial charge < -0.3 is 10.1 Å². The maximum Gasteiger partial charge on any atom is 0.329 e. The minimum atomic E-state index is -1.97. The van der Waals surface area contributed by atoms with Crippen molar-refractivity contribution >= 4 is 35.1 Å². The number of esters is 1. The Morgan fingerprint density at radius 1 is 1.10 bits per heavy atom. The zero-order valence-electron chi connectivity index (χ0n) is 15.9. The maximum absolute atomic E-state index is 13.3. The van der Waals surface area contributed by atoms with Gasteiger partial charge in [0.05, 0.1) is 24.8 Å². The van der Waals surface area contributed by atoms with E-state index in [0.717, 1.165) is 0 Å². The number of carbonyl (C=O) groups is 2. The molecular formula is C22H17Cl2N3O3. The molecule has 0 radical (unpaired) electrons. The molecule has 0 bridgehead atoms. The van der Waals surface area contributed by atoms with Gasteiger partial charge in [-0.2, -0.15) is 10.5 Å². The molecule has 30 heavy (non-hydrogen) atoms. The van der Waals surface area contributed by atoms with Crippen LogP contribution in [0, 0.1) is 34.0 Å². The minimum absolute atomic E-state index is 0.0118. The highest BCUT2D eigenvalue weighted by Gasteiger charge is 2.63. The van der Waals surface area contributed by atoms with Crippen molar-refractivity contribution in [1.29, 1.82) is 10.5 Å². The highest BCUT2D eigenvalue weighted by Crippen LogP contribution is 2.54. The van der Waals surface area contributed by atoms with Gasteiger partial charge in [-0.15, -0.1) is 0 Å². The smallest absolute Gasteiger partial charge is 0.329 e. The van der Waals surface area contributed by atoms with E-state index in [2.05, 4.69) is 11.4 Å². The number of halogens is 2. The molecule has 0 saturated carbocycles. The molecule has 3 rings (SSSR count). The number of nitrogens with one attached hydrogen (secondary N) is 1. The van der Waals surface area contributed by atoms with E-state index in [0.29, 0.717) is 11.1 Å². The van der Waals surface area contributed by atoms with E-state index in [1.807, 2.05) is 6.07 Å². The Bertz CT molecular complexity index is 1080. The number of amides is 1. The molecule has 2 aromatic carbocycles. The molecule has 4 unspecified atom stereocenters. The second kappa shape index (κ2) is 8.75. The summed E-state index contributed by atoms with van der Waals surface area (Å²) in [7, 11) is 0. The molecule has 0 aromatic heterocycles. The van der Waals surface area contributed by atoms with Crippen LogP contribution in [0.15, 0.2) is 48.5 Å². The van der Waals surface area contributed by atoms with Crippen LogP contribution >= 0.6 is 23.2 Å². The zero-order valence-corrected chi connectivity index (χ0v) is 17.4. The summed E-state index contributed by atoms with van der Waals surface area (Å²) < 4.78 is 5.28. The molecule has 152 valence electrons. The van der Waals surface area contributed by atoms with Crippen LogP contribution in [0.25, 0.3) is 0 Å². The normalized spacial score (nSPS) is 25.5. The van der Waals surface area contributed by atoms with E-state index in [-0.39, 0.29) is 16.7 Å². The number of hydrogen-bond acceptors (Lipinski definition) is 5. The van der Waals surface area contributed by atoms with Crippen LogP contribution in [0.2, 0.25) is 10.0 Å². The van der Waals surface area contributed by atoms with Crippen LogP contribution in [0.3, 0.4) is 0 Å². The molecule has 1 saturated heterocycles. The lowest BCUT2D eigenvalue weighted by Crippen LogP contribution is -2.58. The van der Waals surface area contributed by atoms with E-state index in [9.17, 15) is 20.1 Å². The lowest BCUT2D eigenvalue weighted by Gasteiger charge is -2.45. The van der Waals surface area contributed by atoms with Crippen LogP contribution in [-0.4, -0.2) is 18.5 Å². The second-order valence-corrected chi connectivity index (χ2v) is 7.58. The fraction of sp³-hybridized carbons (Fsp3) is 0.273. The summed E-state index contributed by atoms with van der Waals surface area (Å²) in [5, 5.41) is 23.3.